The van der Waals surface area contributed by atoms with Crippen molar-refractivity contribution in [3.05, 3.63) is 200 Å². The first-order valence-electron chi connectivity index (χ1n) is 16.9. The molecule has 0 heterocycles. The second-order valence-corrected chi connectivity index (χ2v) is 12.5. The molecule has 0 fully saturated rings. The minimum atomic E-state index is 1.11. The maximum atomic E-state index is 2.41. The minimum absolute atomic E-state index is 1.11. The van der Waals surface area contributed by atoms with Crippen LogP contribution in [0.5, 0.6) is 0 Å². The Morgan fingerprint density at radius 3 is 1.59 bits per heavy atom. The van der Waals surface area contributed by atoms with Gasteiger partial charge in [0.05, 0.1) is 5.69 Å². The van der Waals surface area contributed by atoms with Crippen LogP contribution in [0.1, 0.15) is 0 Å². The monoisotopic (exact) mass is 623 g/mol. The number of para-hydroxylation sites is 2. The summed E-state index contributed by atoms with van der Waals surface area (Å²) in [4.78, 5) is 2.39. The Kier molecular flexibility index (Phi) is 7.22. The zero-order chi connectivity index (χ0) is 32.6. The smallest absolute Gasteiger partial charge is 0.0540 e. The molecule has 9 rings (SSSR count). The highest BCUT2D eigenvalue weighted by atomic mass is 15.1. The van der Waals surface area contributed by atoms with Gasteiger partial charge in [-0.15, -0.1) is 0 Å². The van der Waals surface area contributed by atoms with Gasteiger partial charge in [-0.05, 0) is 103 Å². The third-order valence-electron chi connectivity index (χ3n) is 9.64. The standard InChI is InChI=1S/C48H33N/c1-3-14-34(15-4-1)37-17-13-18-38(32-37)35-26-29-40(30-27-35)49(39-19-5-2-6-20-39)48-25-12-11-24-45(48)47-33-46-41-21-8-7-16-36(41)28-31-44(46)42-22-9-10-23-43(42)47/h1-33H. The van der Waals surface area contributed by atoms with Crippen LogP contribution in [0.4, 0.5) is 17.1 Å². The maximum Gasteiger partial charge on any atom is 0.0540 e. The molecule has 1 heteroatoms. The molecule has 9 aromatic carbocycles. The number of fused-ring (bicyclic) bond motifs is 5. The zero-order valence-corrected chi connectivity index (χ0v) is 27.0. The van der Waals surface area contributed by atoms with Crippen molar-refractivity contribution in [2.45, 2.75) is 0 Å². The number of anilines is 3. The van der Waals surface area contributed by atoms with E-state index in [-0.39, 0.29) is 0 Å². The van der Waals surface area contributed by atoms with Crippen molar-refractivity contribution in [1.82, 2.24) is 0 Å². The van der Waals surface area contributed by atoms with Gasteiger partial charge in [0.2, 0.25) is 0 Å². The van der Waals surface area contributed by atoms with Crippen LogP contribution in [-0.2, 0) is 0 Å². The molecule has 0 atom stereocenters. The average molecular weight is 624 g/mol. The summed E-state index contributed by atoms with van der Waals surface area (Å²) in [6, 6.07) is 72.4. The van der Waals surface area contributed by atoms with E-state index in [1.807, 2.05) is 0 Å². The third kappa shape index (κ3) is 5.23. The Labute approximate surface area is 287 Å². The molecule has 0 saturated heterocycles. The summed E-state index contributed by atoms with van der Waals surface area (Å²) in [5, 5.41) is 7.60. The van der Waals surface area contributed by atoms with Crippen LogP contribution in [0.25, 0.3) is 65.7 Å². The van der Waals surface area contributed by atoms with E-state index < -0.39 is 0 Å². The number of nitrogens with zero attached hydrogens (tertiary/aromatic N) is 1. The van der Waals surface area contributed by atoms with Gasteiger partial charge in [-0.1, -0.05) is 158 Å². The first-order valence-corrected chi connectivity index (χ1v) is 16.9. The zero-order valence-electron chi connectivity index (χ0n) is 27.0. The highest BCUT2D eigenvalue weighted by Gasteiger charge is 2.19. The lowest BCUT2D eigenvalue weighted by atomic mass is 9.90. The van der Waals surface area contributed by atoms with Crippen LogP contribution in [0.15, 0.2) is 200 Å². The number of benzene rings is 9. The van der Waals surface area contributed by atoms with Crippen molar-refractivity contribution < 1.29 is 0 Å². The van der Waals surface area contributed by atoms with Crippen LogP contribution in [0.2, 0.25) is 0 Å². The van der Waals surface area contributed by atoms with Gasteiger partial charge >= 0.3 is 0 Å². The lowest BCUT2D eigenvalue weighted by Gasteiger charge is -2.28. The predicted octanol–water partition coefficient (Wildman–Crippen LogP) is 13.6. The molecule has 0 N–H and O–H groups in total. The van der Waals surface area contributed by atoms with Crippen LogP contribution in [0, 0.1) is 0 Å². The quantitative estimate of drug-likeness (QED) is 0.167. The fourth-order valence-electron chi connectivity index (χ4n) is 7.30. The van der Waals surface area contributed by atoms with Crippen molar-refractivity contribution in [3.8, 4) is 33.4 Å². The van der Waals surface area contributed by atoms with Crippen LogP contribution in [0.3, 0.4) is 0 Å². The molecule has 0 aliphatic carbocycles. The molecule has 230 valence electrons. The molecule has 1 nitrogen and oxygen atoms in total. The van der Waals surface area contributed by atoms with E-state index >= 15 is 0 Å². The van der Waals surface area contributed by atoms with Crippen LogP contribution >= 0.6 is 0 Å². The number of hydrogen-bond donors (Lipinski definition) is 0. The molecule has 9 aromatic rings. The van der Waals surface area contributed by atoms with Gasteiger partial charge < -0.3 is 4.90 Å². The average Bonchev–Trinajstić information content (AvgIpc) is 3.19. The Bertz CT molecular complexity index is 2590. The number of hydrogen-bond acceptors (Lipinski definition) is 1. The van der Waals surface area contributed by atoms with E-state index in [1.165, 1.54) is 65.7 Å². The van der Waals surface area contributed by atoms with Crippen molar-refractivity contribution in [2.75, 3.05) is 4.90 Å². The van der Waals surface area contributed by atoms with Crippen molar-refractivity contribution >= 4 is 49.4 Å². The first kappa shape index (κ1) is 28.8. The molecule has 0 bridgehead atoms. The van der Waals surface area contributed by atoms with Crippen LogP contribution < -0.4 is 4.90 Å². The summed E-state index contributed by atoms with van der Waals surface area (Å²) >= 11 is 0. The Balaban J connectivity index is 1.21. The summed E-state index contributed by atoms with van der Waals surface area (Å²) in [6.45, 7) is 0. The molecular formula is C48H33N. The summed E-state index contributed by atoms with van der Waals surface area (Å²) in [7, 11) is 0. The van der Waals surface area contributed by atoms with Gasteiger partial charge in [0, 0.05) is 16.9 Å². The predicted molar refractivity (Wildman–Crippen MR) is 210 cm³/mol. The molecule has 0 unspecified atom stereocenters. The first-order chi connectivity index (χ1) is 24.3. The van der Waals surface area contributed by atoms with Crippen molar-refractivity contribution in [1.29, 1.82) is 0 Å². The molecule has 0 aliphatic rings. The van der Waals surface area contributed by atoms with Gasteiger partial charge in [0.15, 0.2) is 0 Å². The third-order valence-corrected chi connectivity index (χ3v) is 9.64. The molecule has 0 radical (unpaired) electrons. The molecular weight excluding hydrogens is 591 g/mol. The van der Waals surface area contributed by atoms with Gasteiger partial charge in [-0.25, -0.2) is 0 Å². The van der Waals surface area contributed by atoms with Gasteiger partial charge in [-0.2, -0.15) is 0 Å². The molecule has 0 saturated carbocycles. The van der Waals surface area contributed by atoms with Crippen LogP contribution in [-0.4, -0.2) is 0 Å². The van der Waals surface area contributed by atoms with E-state index in [1.54, 1.807) is 0 Å². The van der Waals surface area contributed by atoms with E-state index in [0.717, 1.165) is 17.1 Å². The van der Waals surface area contributed by atoms with Gasteiger partial charge in [-0.3, -0.25) is 0 Å². The maximum absolute atomic E-state index is 2.41. The summed E-state index contributed by atoms with van der Waals surface area (Å²) < 4.78 is 0. The topological polar surface area (TPSA) is 3.24 Å². The number of rotatable bonds is 6. The minimum Gasteiger partial charge on any atom is -0.310 e. The molecule has 49 heavy (non-hydrogen) atoms. The summed E-state index contributed by atoms with van der Waals surface area (Å²) in [5.74, 6) is 0. The van der Waals surface area contributed by atoms with E-state index in [4.69, 9.17) is 0 Å². The van der Waals surface area contributed by atoms with E-state index in [2.05, 4.69) is 205 Å². The molecule has 0 aromatic heterocycles. The Morgan fingerprint density at radius 1 is 0.265 bits per heavy atom. The highest BCUT2D eigenvalue weighted by molar-refractivity contribution is 6.21. The SMILES string of the molecule is c1ccc(-c2cccc(-c3ccc(N(c4ccccc4)c4ccccc4-c4cc5c6ccccc6ccc5c5ccccc45)cc3)c2)cc1. The summed E-state index contributed by atoms with van der Waals surface area (Å²) in [6.07, 6.45) is 0. The second kappa shape index (κ2) is 12.3. The lowest BCUT2D eigenvalue weighted by molar-refractivity contribution is 1.28. The van der Waals surface area contributed by atoms with E-state index in [0.29, 0.717) is 0 Å². The molecule has 0 amide bonds. The van der Waals surface area contributed by atoms with Crippen molar-refractivity contribution in [3.63, 3.8) is 0 Å². The normalized spacial score (nSPS) is 11.3. The fraction of sp³-hybridized carbons (Fsp3) is 0. The lowest BCUT2D eigenvalue weighted by Crippen LogP contribution is -2.11. The van der Waals surface area contributed by atoms with Gasteiger partial charge in [0.25, 0.3) is 0 Å². The largest absolute Gasteiger partial charge is 0.310 e. The Hall–Kier alpha value is -6.44. The summed E-state index contributed by atoms with van der Waals surface area (Å²) in [5.41, 5.74) is 10.6. The second-order valence-electron chi connectivity index (χ2n) is 12.5. The molecule has 0 spiro atoms. The Morgan fingerprint density at radius 2 is 0.816 bits per heavy atom. The van der Waals surface area contributed by atoms with E-state index in [9.17, 15) is 0 Å². The fourth-order valence-corrected chi connectivity index (χ4v) is 7.30. The van der Waals surface area contributed by atoms with Gasteiger partial charge in [0.1, 0.15) is 0 Å². The molecule has 0 aliphatic heterocycles. The highest BCUT2D eigenvalue weighted by Crippen LogP contribution is 2.45. The van der Waals surface area contributed by atoms with Crippen molar-refractivity contribution in [2.24, 2.45) is 0 Å².